The highest BCUT2D eigenvalue weighted by molar-refractivity contribution is 8.18. The summed E-state index contributed by atoms with van der Waals surface area (Å²) in [5.74, 6) is -0.612. The summed E-state index contributed by atoms with van der Waals surface area (Å²) < 4.78 is 86.3. The van der Waals surface area contributed by atoms with Crippen LogP contribution >= 0.6 is 11.8 Å². The second-order valence-corrected chi connectivity index (χ2v) is 10.5. The van der Waals surface area contributed by atoms with Gasteiger partial charge in [0, 0.05) is 11.9 Å². The van der Waals surface area contributed by atoms with Crippen molar-refractivity contribution in [1.29, 1.82) is 0 Å². The fraction of sp³-hybridized carbons (Fsp3) is 0.308. The Hall–Kier alpha value is -4.05. The topological polar surface area (TPSA) is 105 Å². The molecule has 0 bridgehead atoms. The monoisotopic (exact) mass is 614 g/mol. The number of thioether (sulfide) groups is 1. The van der Waals surface area contributed by atoms with Crippen molar-refractivity contribution in [1.82, 2.24) is 19.6 Å². The molecule has 0 aliphatic carbocycles. The molecule has 222 valence electrons. The molecule has 2 aliphatic heterocycles. The first-order valence-electron chi connectivity index (χ1n) is 12.3. The van der Waals surface area contributed by atoms with Crippen LogP contribution in [0.4, 0.5) is 35.9 Å². The van der Waals surface area contributed by atoms with E-state index >= 15 is 0 Å². The highest BCUT2D eigenvalue weighted by Gasteiger charge is 2.40. The number of halogens is 6. The number of carboxylic acid groups (broad SMARTS) is 1. The average molecular weight is 615 g/mol. The number of morpholine rings is 1. The lowest BCUT2D eigenvalue weighted by atomic mass is 10.0. The molecule has 5 rings (SSSR count). The van der Waals surface area contributed by atoms with Gasteiger partial charge in [0.2, 0.25) is 0 Å². The van der Waals surface area contributed by atoms with Gasteiger partial charge in [0.1, 0.15) is 0 Å². The van der Waals surface area contributed by atoms with Gasteiger partial charge >= 0.3 is 18.4 Å². The minimum atomic E-state index is -5.02. The number of hydrogen-bond donors (Lipinski definition) is 1. The largest absolute Gasteiger partial charge is 0.465 e. The van der Waals surface area contributed by atoms with Gasteiger partial charge in [-0.15, -0.1) is 0 Å². The van der Waals surface area contributed by atoms with Crippen molar-refractivity contribution in [3.05, 3.63) is 69.8 Å². The number of nitrogens with zero attached hydrogens (tertiary/aromatic N) is 4. The van der Waals surface area contributed by atoms with Gasteiger partial charge in [-0.1, -0.05) is 12.1 Å². The molecule has 3 aromatic rings. The van der Waals surface area contributed by atoms with E-state index in [1.807, 2.05) is 0 Å². The molecule has 16 heteroatoms. The lowest BCUT2D eigenvalue weighted by Gasteiger charge is -2.34. The van der Waals surface area contributed by atoms with Crippen molar-refractivity contribution >= 4 is 46.0 Å². The standard InChI is InChI=1S/C26H20F6N4O5S/c27-25(28,29)17-3-2-15(19(9-17)26(30,31)32)11-36-20-4-1-14(7-16(20)10-33-36)8-21-22(37)35(24(40)42-21)12-18-13-41-6-5-34(18)23(38)39/h1-4,7-10,18H,5-6,11-13H2,(H,38,39)/b21-8-/t18-/m0/s1. The maximum absolute atomic E-state index is 13.6. The summed E-state index contributed by atoms with van der Waals surface area (Å²) in [6.45, 7) is -0.283. The molecule has 2 aliphatic rings. The molecule has 9 nitrogen and oxygen atoms in total. The number of imide groups is 1. The zero-order chi connectivity index (χ0) is 30.4. The first-order chi connectivity index (χ1) is 19.7. The van der Waals surface area contributed by atoms with Gasteiger partial charge in [-0.3, -0.25) is 24.1 Å². The van der Waals surface area contributed by atoms with E-state index in [9.17, 15) is 45.8 Å². The zero-order valence-electron chi connectivity index (χ0n) is 21.3. The van der Waals surface area contributed by atoms with E-state index < -0.39 is 58.9 Å². The quantitative estimate of drug-likeness (QED) is 0.297. The molecule has 0 saturated carbocycles. The molecule has 0 radical (unpaired) electrons. The number of carbonyl (C=O) groups is 3. The molecular weight excluding hydrogens is 594 g/mol. The summed E-state index contributed by atoms with van der Waals surface area (Å²) in [6, 6.07) is 5.39. The number of carbonyl (C=O) groups excluding carboxylic acids is 2. The van der Waals surface area contributed by atoms with Gasteiger partial charge in [-0.2, -0.15) is 31.4 Å². The van der Waals surface area contributed by atoms with E-state index in [0.29, 0.717) is 34.3 Å². The highest BCUT2D eigenvalue weighted by atomic mass is 32.2. The summed E-state index contributed by atoms with van der Waals surface area (Å²) in [5, 5.41) is 13.4. The van der Waals surface area contributed by atoms with Crippen LogP contribution in [0, 0.1) is 0 Å². The summed E-state index contributed by atoms with van der Waals surface area (Å²) in [4.78, 5) is 39.2. The van der Waals surface area contributed by atoms with Crippen molar-refractivity contribution in [3.63, 3.8) is 0 Å². The average Bonchev–Trinajstić information content (AvgIpc) is 3.42. The summed E-state index contributed by atoms with van der Waals surface area (Å²) in [7, 11) is 0. The van der Waals surface area contributed by atoms with E-state index in [1.165, 1.54) is 23.0 Å². The molecule has 0 unspecified atom stereocenters. The highest BCUT2D eigenvalue weighted by Crippen LogP contribution is 2.38. The molecule has 2 fully saturated rings. The minimum absolute atomic E-state index is 0.0324. The Bertz CT molecular complexity index is 1600. The Balaban J connectivity index is 1.36. The Morgan fingerprint density at radius 3 is 2.55 bits per heavy atom. The van der Waals surface area contributed by atoms with Crippen molar-refractivity contribution in [3.8, 4) is 0 Å². The molecule has 1 N–H and O–H groups in total. The second-order valence-electron chi connectivity index (χ2n) is 9.48. The number of benzene rings is 2. The van der Waals surface area contributed by atoms with Gasteiger partial charge in [0.15, 0.2) is 0 Å². The first kappa shape index (κ1) is 29.4. The third-order valence-electron chi connectivity index (χ3n) is 6.77. The van der Waals surface area contributed by atoms with Gasteiger partial charge < -0.3 is 9.84 Å². The number of hydrogen-bond acceptors (Lipinski definition) is 6. The van der Waals surface area contributed by atoms with E-state index in [0.717, 1.165) is 15.9 Å². The molecule has 1 atom stereocenters. The van der Waals surface area contributed by atoms with Crippen molar-refractivity contribution in [2.75, 3.05) is 26.3 Å². The molecule has 1 aromatic heterocycles. The predicted molar refractivity (Wildman–Crippen MR) is 137 cm³/mol. The molecular formula is C26H20F6N4O5S. The van der Waals surface area contributed by atoms with E-state index in [2.05, 4.69) is 5.10 Å². The van der Waals surface area contributed by atoms with Crippen LogP contribution in [-0.2, 0) is 28.4 Å². The number of alkyl halides is 6. The van der Waals surface area contributed by atoms with Crippen LogP contribution in [0.5, 0.6) is 0 Å². The summed E-state index contributed by atoms with van der Waals surface area (Å²) >= 11 is 0.678. The third kappa shape index (κ3) is 5.94. The van der Waals surface area contributed by atoms with Gasteiger partial charge in [0.25, 0.3) is 11.1 Å². The van der Waals surface area contributed by atoms with Crippen LogP contribution in [-0.4, -0.2) is 74.3 Å². The van der Waals surface area contributed by atoms with Crippen LogP contribution in [0.2, 0.25) is 0 Å². The Morgan fingerprint density at radius 1 is 1.10 bits per heavy atom. The minimum Gasteiger partial charge on any atom is -0.465 e. The first-order valence-corrected chi connectivity index (χ1v) is 13.1. The Labute approximate surface area is 237 Å². The third-order valence-corrected chi connectivity index (χ3v) is 7.67. The molecule has 2 saturated heterocycles. The maximum atomic E-state index is 13.6. The van der Waals surface area contributed by atoms with Crippen LogP contribution in [0.1, 0.15) is 22.3 Å². The number of aromatic nitrogens is 2. The van der Waals surface area contributed by atoms with Crippen molar-refractivity contribution in [2.24, 2.45) is 0 Å². The van der Waals surface area contributed by atoms with Crippen molar-refractivity contribution in [2.45, 2.75) is 24.9 Å². The number of fused-ring (bicyclic) bond motifs is 1. The van der Waals surface area contributed by atoms with E-state index in [-0.39, 0.29) is 37.3 Å². The zero-order valence-corrected chi connectivity index (χ0v) is 22.1. The lowest BCUT2D eigenvalue weighted by Crippen LogP contribution is -2.53. The van der Waals surface area contributed by atoms with E-state index in [1.54, 1.807) is 12.1 Å². The van der Waals surface area contributed by atoms with Gasteiger partial charge in [0.05, 0.1) is 60.1 Å². The van der Waals surface area contributed by atoms with Gasteiger partial charge in [-0.25, -0.2) is 4.79 Å². The second kappa shape index (κ2) is 11.0. The Morgan fingerprint density at radius 2 is 1.86 bits per heavy atom. The predicted octanol–water partition coefficient (Wildman–Crippen LogP) is 5.54. The fourth-order valence-corrected chi connectivity index (χ4v) is 5.56. The van der Waals surface area contributed by atoms with Crippen LogP contribution in [0.15, 0.2) is 47.5 Å². The van der Waals surface area contributed by atoms with Crippen molar-refractivity contribution < 1.29 is 50.6 Å². The number of rotatable bonds is 5. The van der Waals surface area contributed by atoms with Crippen LogP contribution in [0.25, 0.3) is 17.0 Å². The van der Waals surface area contributed by atoms with E-state index in [4.69, 9.17) is 4.74 Å². The Kier molecular flexibility index (Phi) is 7.70. The molecule has 0 spiro atoms. The number of amides is 3. The van der Waals surface area contributed by atoms with Crippen LogP contribution in [0.3, 0.4) is 0 Å². The number of ether oxygens (including phenoxy) is 1. The summed E-state index contributed by atoms with van der Waals surface area (Å²) in [5.41, 5.74) is -2.36. The molecule has 2 aromatic carbocycles. The molecule has 3 amide bonds. The summed E-state index contributed by atoms with van der Waals surface area (Å²) in [6.07, 6.45) is -8.34. The SMILES string of the molecule is O=C1S/C(=C\c2ccc3c(cnn3Cc3ccc(C(F)(F)F)cc3C(F)(F)F)c2)C(=O)N1C[C@H]1COCCN1C(=O)O. The van der Waals surface area contributed by atoms with Gasteiger partial charge in [-0.05, 0) is 53.2 Å². The molecule has 3 heterocycles. The maximum Gasteiger partial charge on any atom is 0.416 e. The molecule has 42 heavy (non-hydrogen) atoms. The smallest absolute Gasteiger partial charge is 0.416 e. The normalized spacial score (nSPS) is 19.4. The van der Waals surface area contributed by atoms with Crippen LogP contribution < -0.4 is 0 Å². The lowest BCUT2D eigenvalue weighted by molar-refractivity contribution is -0.143. The fourth-order valence-electron chi connectivity index (χ4n) is 4.71.